The highest BCUT2D eigenvalue weighted by Gasteiger charge is 2.07. The molecule has 0 rings (SSSR count). The highest BCUT2D eigenvalue weighted by molar-refractivity contribution is 5.91. The van der Waals surface area contributed by atoms with Crippen LogP contribution >= 0.6 is 0 Å². The third-order valence-electron chi connectivity index (χ3n) is 4.09. The van der Waals surface area contributed by atoms with Crippen molar-refractivity contribution in [1.29, 1.82) is 0 Å². The van der Waals surface area contributed by atoms with E-state index in [1.165, 1.54) is 62.6 Å². The summed E-state index contributed by atoms with van der Waals surface area (Å²) < 4.78 is 61.6. The van der Waals surface area contributed by atoms with Crippen molar-refractivity contribution in [2.24, 2.45) is 0 Å². The molecule has 23 heteroatoms. The maximum absolute atomic E-state index is 10.4. The van der Waals surface area contributed by atoms with Crippen LogP contribution < -0.4 is 0 Å². The smallest absolute Gasteiger partial charge is 0.331 e. The van der Waals surface area contributed by atoms with E-state index in [0.717, 1.165) is 13.2 Å². The molecule has 0 amide bonds. The second kappa shape index (κ2) is 121. The predicted octanol–water partition coefficient (Wildman–Crippen LogP) is 10.5. The second-order valence-corrected chi connectivity index (χ2v) is 9.42. The summed E-state index contributed by atoms with van der Waals surface area (Å²) in [7, 11) is 8.08. The van der Waals surface area contributed by atoms with E-state index in [-0.39, 0.29) is 135 Å². The second-order valence-electron chi connectivity index (χ2n) is 9.42. The zero-order chi connectivity index (χ0) is 48.6. The molecule has 0 aliphatic rings. The Labute approximate surface area is 442 Å². The number of carbonyl (C=O) groups excluding carboxylic acids is 9. The van der Waals surface area contributed by atoms with Gasteiger partial charge in [0.05, 0.1) is 35.0 Å². The summed E-state index contributed by atoms with van der Waals surface area (Å²) in [6, 6.07) is 0. The Hall–Kier alpha value is -4.97. The lowest BCUT2D eigenvalue weighted by atomic mass is 10.4. The maximum Gasteiger partial charge on any atom is 0.331 e. The molecule has 0 aromatic heterocycles. The molecule has 0 spiro atoms. The molecule has 0 radical (unpaired) electrons. The topological polar surface area (TPSA) is 283 Å². The zero-order valence-electron chi connectivity index (χ0n) is 38.4. The van der Waals surface area contributed by atoms with Crippen molar-refractivity contribution >= 4 is 53.7 Å². The zero-order valence-corrected chi connectivity index (χ0v) is 38.4. The van der Waals surface area contributed by atoms with E-state index in [1.807, 2.05) is 13.8 Å². The lowest BCUT2D eigenvalue weighted by molar-refractivity contribution is -0.173. The Morgan fingerprint density at radius 1 is 0.306 bits per heavy atom. The van der Waals surface area contributed by atoms with Gasteiger partial charge in [-0.2, -0.15) is 0 Å². The number of methoxy groups -OCH3 is 6. The van der Waals surface area contributed by atoms with E-state index in [2.05, 4.69) is 75.4 Å². The van der Waals surface area contributed by atoms with Crippen LogP contribution in [0.1, 0.15) is 178 Å². The van der Waals surface area contributed by atoms with E-state index in [9.17, 15) is 43.2 Å². The molecule has 23 nitrogen and oxygen atoms in total. The number of ether oxygens (including phenoxy) is 14. The quantitative estimate of drug-likeness (QED) is 0.0405. The third-order valence-corrected chi connectivity index (χ3v) is 4.09. The summed E-state index contributed by atoms with van der Waals surface area (Å²) in [6.07, 6.45) is 1.42. The monoisotopic (exact) mass is 1080 g/mol. The highest BCUT2D eigenvalue weighted by atomic mass is 16.8. The Morgan fingerprint density at radius 3 is 0.722 bits per heavy atom. The lowest BCUT2D eigenvalue weighted by Gasteiger charge is -2.02. The first-order chi connectivity index (χ1) is 28.2. The van der Waals surface area contributed by atoms with Crippen LogP contribution in [0.15, 0.2) is 0 Å². The van der Waals surface area contributed by atoms with Crippen molar-refractivity contribution in [1.82, 2.24) is 0 Å². The fourth-order valence-electron chi connectivity index (χ4n) is 1.66. The number of carbonyl (C=O) groups is 9. The van der Waals surface area contributed by atoms with Crippen LogP contribution in [0.4, 0.5) is 0 Å². The Balaban J connectivity index is -0.0000000238. The summed E-state index contributed by atoms with van der Waals surface area (Å²) in [6.45, 7) is 18.2. The van der Waals surface area contributed by atoms with Crippen LogP contribution in [0, 0.1) is 0 Å². The van der Waals surface area contributed by atoms with Crippen molar-refractivity contribution in [3.8, 4) is 0 Å². The normalized spacial score (nSPS) is 7.00. The van der Waals surface area contributed by atoms with Gasteiger partial charge in [0, 0.05) is 61.5 Å². The molecule has 0 aromatic carbocycles. The van der Waals surface area contributed by atoms with Gasteiger partial charge in [-0.3, -0.25) is 33.6 Å². The van der Waals surface area contributed by atoms with E-state index < -0.39 is 47.8 Å². The van der Waals surface area contributed by atoms with Crippen LogP contribution in [-0.4, -0.2) is 157 Å². The van der Waals surface area contributed by atoms with Gasteiger partial charge in [0.25, 0.3) is 0 Å². The molecule has 0 saturated heterocycles. The largest absolute Gasteiger partial charge is 0.469 e. The molecular weight excluding hydrogens is 957 g/mol. The SMILES string of the molecule is C.C.C.C.C.C.C.C.C.C.C.C.CC(=O)OCOC(C)=O.CC(=O)OCOCOC(C)=O.CCC.CCOC(=O)CC.CCOCC.COC(=O)CC(=O)OC.COC(=O)COCC(=O)OC.COCOC. The van der Waals surface area contributed by atoms with Crippen LogP contribution in [0.2, 0.25) is 0 Å². The van der Waals surface area contributed by atoms with Crippen molar-refractivity contribution in [3.05, 3.63) is 0 Å². The minimum absolute atomic E-state index is 0. The van der Waals surface area contributed by atoms with Gasteiger partial charge < -0.3 is 66.3 Å². The summed E-state index contributed by atoms with van der Waals surface area (Å²) in [5, 5.41) is 0. The number of rotatable bonds is 18. The molecule has 0 aliphatic heterocycles. The molecule has 454 valence electrons. The van der Waals surface area contributed by atoms with Gasteiger partial charge in [-0.1, -0.05) is 116 Å². The van der Waals surface area contributed by atoms with E-state index in [1.54, 1.807) is 28.1 Å². The van der Waals surface area contributed by atoms with E-state index in [4.69, 9.17) is 4.74 Å². The maximum atomic E-state index is 10.4. The third kappa shape index (κ3) is 205. The molecule has 0 atom stereocenters. The molecule has 0 saturated carbocycles. The molecule has 0 N–H and O–H groups in total. The summed E-state index contributed by atoms with van der Waals surface area (Å²) in [4.78, 5) is 91.8. The first-order valence-corrected chi connectivity index (χ1v) is 17.9. The van der Waals surface area contributed by atoms with Gasteiger partial charge in [-0.05, 0) is 20.8 Å². The van der Waals surface area contributed by atoms with Gasteiger partial charge in [0.15, 0.2) is 13.6 Å². The summed E-state index contributed by atoms with van der Waals surface area (Å²) in [5.41, 5.74) is 0. The summed E-state index contributed by atoms with van der Waals surface area (Å²) >= 11 is 0. The van der Waals surface area contributed by atoms with Crippen LogP contribution in [0.3, 0.4) is 0 Å². The fraction of sp³-hybridized carbons (Fsp3) is 0.816. The number of esters is 9. The minimum atomic E-state index is -0.582. The Morgan fingerprint density at radius 2 is 0.569 bits per heavy atom. The molecule has 72 heavy (non-hydrogen) atoms. The van der Waals surface area contributed by atoms with E-state index in [0.29, 0.717) is 19.8 Å². The standard InChI is InChI=1S/2C6H10O5.2C5H8O4.C5H10O2.C4H10O.C3H8O2.C3H8.12CH4/c1-9-5(7)3-11-4-6(8)10-2;1-5(7)10-3-9-4-11-6(2)8;1-8-4(6)3-5(7)9-2;1-4(6)8-3-9-5(2)7;1-3-5(6)7-4-2;1-3-5-4-2;1-4-3-5-2;1-3-2;;;;;;;;;;;;/h2*3-4H2,1-2H3;2*3H2,1-2H3;3-4H2,1-2H3;3-4H2,1-2H3;3H2,1-2H3;3H2,1-2H3;12*1H4. The van der Waals surface area contributed by atoms with Gasteiger partial charge in [-0.15, -0.1) is 0 Å². The van der Waals surface area contributed by atoms with Crippen LogP contribution in [0.5, 0.6) is 0 Å². The molecule has 0 aromatic rings. The first kappa shape index (κ1) is 132. The van der Waals surface area contributed by atoms with Gasteiger partial charge in [0.2, 0.25) is 6.79 Å². The Kier molecular flexibility index (Phi) is 222. The van der Waals surface area contributed by atoms with Gasteiger partial charge in [-0.25, -0.2) is 9.59 Å². The number of hydrogen-bond acceptors (Lipinski definition) is 23. The van der Waals surface area contributed by atoms with Crippen molar-refractivity contribution in [2.75, 3.05) is 103 Å². The molecular formula is C49H120O23. The van der Waals surface area contributed by atoms with E-state index >= 15 is 0 Å². The van der Waals surface area contributed by atoms with Crippen molar-refractivity contribution < 1.29 is 109 Å². The minimum Gasteiger partial charge on any atom is -0.469 e. The lowest BCUT2D eigenvalue weighted by Crippen LogP contribution is -2.16. The summed E-state index contributed by atoms with van der Waals surface area (Å²) in [5.74, 6) is -4.12. The molecule has 0 fully saturated rings. The van der Waals surface area contributed by atoms with Gasteiger partial charge in [0.1, 0.15) is 26.4 Å². The predicted molar refractivity (Wildman–Crippen MR) is 291 cm³/mol. The van der Waals surface area contributed by atoms with Crippen LogP contribution in [-0.2, 0) is 109 Å². The first-order valence-electron chi connectivity index (χ1n) is 17.9. The fourth-order valence-corrected chi connectivity index (χ4v) is 1.66. The number of hydrogen-bond donors (Lipinski definition) is 0. The van der Waals surface area contributed by atoms with Gasteiger partial charge >= 0.3 is 53.7 Å². The van der Waals surface area contributed by atoms with Crippen molar-refractivity contribution in [3.63, 3.8) is 0 Å². The molecule has 0 bridgehead atoms. The molecule has 0 heterocycles. The van der Waals surface area contributed by atoms with Crippen molar-refractivity contribution in [2.45, 2.75) is 178 Å². The average molecular weight is 1080 g/mol. The van der Waals surface area contributed by atoms with Crippen LogP contribution in [0.25, 0.3) is 0 Å². The molecule has 0 unspecified atom stereocenters. The highest BCUT2D eigenvalue weighted by Crippen LogP contribution is 1.86. The average Bonchev–Trinajstić information content (AvgIpc) is 3.19. The Bertz CT molecular complexity index is 971. The molecule has 0 aliphatic carbocycles.